The van der Waals surface area contributed by atoms with Gasteiger partial charge in [0.1, 0.15) is 11.5 Å². The number of piperazine rings is 1. The number of fused-ring (bicyclic) bond motifs is 2. The predicted molar refractivity (Wildman–Crippen MR) is 121 cm³/mol. The Morgan fingerprint density at radius 1 is 1.06 bits per heavy atom. The molecule has 5 rings (SSSR count). The van der Waals surface area contributed by atoms with Crippen molar-refractivity contribution in [3.8, 4) is 5.75 Å². The summed E-state index contributed by atoms with van der Waals surface area (Å²) < 4.78 is 5.34. The van der Waals surface area contributed by atoms with Crippen molar-refractivity contribution >= 4 is 34.5 Å². The van der Waals surface area contributed by atoms with E-state index in [1.807, 2.05) is 30.3 Å². The number of oxime groups is 1. The second kappa shape index (κ2) is 8.35. The first-order valence-electron chi connectivity index (χ1n) is 10.4. The number of carbonyl (C=O) groups is 2. The van der Waals surface area contributed by atoms with Crippen molar-refractivity contribution in [1.29, 1.82) is 0 Å². The maximum Gasteiger partial charge on any atom is 0.263 e. The molecule has 2 aromatic rings. The Labute approximate surface area is 185 Å². The van der Waals surface area contributed by atoms with Crippen LogP contribution in [-0.4, -0.2) is 62.3 Å². The number of hydrogen-bond donors (Lipinski definition) is 3. The second-order valence-corrected chi connectivity index (χ2v) is 7.63. The van der Waals surface area contributed by atoms with Crippen LogP contribution in [0.5, 0.6) is 5.75 Å². The van der Waals surface area contributed by atoms with E-state index in [9.17, 15) is 9.59 Å². The van der Waals surface area contributed by atoms with E-state index in [1.165, 1.54) is 0 Å². The second-order valence-electron chi connectivity index (χ2n) is 7.63. The highest BCUT2D eigenvalue weighted by Gasteiger charge is 2.34. The number of ether oxygens (including phenoxy) is 1. The average molecular weight is 433 g/mol. The van der Waals surface area contributed by atoms with E-state index in [1.54, 1.807) is 24.1 Å². The molecular weight excluding hydrogens is 410 g/mol. The lowest BCUT2D eigenvalue weighted by molar-refractivity contribution is -0.136. The van der Waals surface area contributed by atoms with Gasteiger partial charge in [-0.2, -0.15) is 0 Å². The Morgan fingerprint density at radius 2 is 1.84 bits per heavy atom. The molecule has 1 fully saturated rings. The third kappa shape index (κ3) is 3.56. The fraction of sp³-hybridized carbons (Fsp3) is 0.261. The zero-order valence-corrected chi connectivity index (χ0v) is 17.6. The molecule has 0 radical (unpaired) electrons. The largest absolute Gasteiger partial charge is 0.497 e. The van der Waals surface area contributed by atoms with E-state index < -0.39 is 0 Å². The Bertz CT molecular complexity index is 1150. The SMILES string of the molecule is COc1ccc2c(c1)/C(=C1/Nc3ccccc3/C1=N\OCC(=O)N1CCNCC1)C(=O)N2. The molecule has 1 saturated heterocycles. The third-order valence-corrected chi connectivity index (χ3v) is 5.71. The zero-order valence-electron chi connectivity index (χ0n) is 17.6. The van der Waals surface area contributed by atoms with Crippen LogP contribution in [0.2, 0.25) is 0 Å². The summed E-state index contributed by atoms with van der Waals surface area (Å²) >= 11 is 0. The lowest BCUT2D eigenvalue weighted by Crippen LogP contribution is -2.47. The van der Waals surface area contributed by atoms with Crippen molar-refractivity contribution < 1.29 is 19.2 Å². The van der Waals surface area contributed by atoms with Gasteiger partial charge in [-0.1, -0.05) is 23.4 Å². The van der Waals surface area contributed by atoms with Gasteiger partial charge >= 0.3 is 0 Å². The molecule has 9 heteroatoms. The minimum Gasteiger partial charge on any atom is -0.497 e. The maximum absolute atomic E-state index is 12.9. The summed E-state index contributed by atoms with van der Waals surface area (Å²) in [7, 11) is 1.58. The van der Waals surface area contributed by atoms with E-state index in [0.717, 1.165) is 24.3 Å². The summed E-state index contributed by atoms with van der Waals surface area (Å²) in [5, 5.41) is 13.7. The molecule has 164 valence electrons. The quantitative estimate of drug-likeness (QED) is 0.500. The first kappa shape index (κ1) is 20.1. The van der Waals surface area contributed by atoms with Gasteiger partial charge < -0.3 is 30.4 Å². The summed E-state index contributed by atoms with van der Waals surface area (Å²) in [6.45, 7) is 2.68. The number of benzene rings is 2. The molecule has 3 aliphatic heterocycles. The normalized spacial score (nSPS) is 20.5. The Kier molecular flexibility index (Phi) is 5.24. The van der Waals surface area contributed by atoms with E-state index >= 15 is 0 Å². The van der Waals surface area contributed by atoms with E-state index in [0.29, 0.717) is 47.1 Å². The summed E-state index contributed by atoms with van der Waals surface area (Å²) in [4.78, 5) is 32.6. The molecule has 2 amide bonds. The number of nitrogens with zero attached hydrogens (tertiary/aromatic N) is 2. The van der Waals surface area contributed by atoms with Crippen molar-refractivity contribution in [2.75, 3.05) is 50.5 Å². The number of methoxy groups -OCH3 is 1. The average Bonchev–Trinajstić information content (AvgIpc) is 3.35. The zero-order chi connectivity index (χ0) is 22.1. The number of para-hydroxylation sites is 1. The van der Waals surface area contributed by atoms with Gasteiger partial charge in [-0.25, -0.2) is 0 Å². The fourth-order valence-corrected chi connectivity index (χ4v) is 4.08. The van der Waals surface area contributed by atoms with Crippen LogP contribution < -0.4 is 20.7 Å². The molecule has 3 N–H and O–H groups in total. The summed E-state index contributed by atoms with van der Waals surface area (Å²) in [6.07, 6.45) is 0. The lowest BCUT2D eigenvalue weighted by atomic mass is 10.0. The maximum atomic E-state index is 12.9. The Morgan fingerprint density at radius 3 is 2.66 bits per heavy atom. The van der Waals surface area contributed by atoms with E-state index in [4.69, 9.17) is 9.57 Å². The lowest BCUT2D eigenvalue weighted by Gasteiger charge is -2.26. The van der Waals surface area contributed by atoms with E-state index in [-0.39, 0.29) is 18.4 Å². The van der Waals surface area contributed by atoms with Crippen LogP contribution in [0.15, 0.2) is 53.3 Å². The first-order chi connectivity index (χ1) is 15.7. The van der Waals surface area contributed by atoms with Crippen LogP contribution in [0.1, 0.15) is 11.1 Å². The molecule has 0 aromatic heterocycles. The number of hydrogen-bond acceptors (Lipinski definition) is 7. The molecule has 0 atom stereocenters. The highest BCUT2D eigenvalue weighted by Crippen LogP contribution is 2.40. The Hall–Kier alpha value is -3.85. The van der Waals surface area contributed by atoms with Crippen LogP contribution in [0.3, 0.4) is 0 Å². The van der Waals surface area contributed by atoms with Gasteiger partial charge in [-0.3, -0.25) is 9.59 Å². The fourth-order valence-electron chi connectivity index (χ4n) is 4.08. The minimum absolute atomic E-state index is 0.113. The molecule has 0 aliphatic carbocycles. The van der Waals surface area contributed by atoms with Gasteiger partial charge in [-0.15, -0.1) is 0 Å². The van der Waals surface area contributed by atoms with Crippen LogP contribution >= 0.6 is 0 Å². The van der Waals surface area contributed by atoms with Gasteiger partial charge in [0.15, 0.2) is 6.61 Å². The number of amides is 2. The van der Waals surface area contributed by atoms with Gasteiger partial charge in [0.05, 0.1) is 18.4 Å². The highest BCUT2D eigenvalue weighted by atomic mass is 16.6. The first-order valence-corrected chi connectivity index (χ1v) is 10.4. The third-order valence-electron chi connectivity index (χ3n) is 5.71. The summed E-state index contributed by atoms with van der Waals surface area (Å²) in [5.41, 5.74) is 4.49. The van der Waals surface area contributed by atoms with Gasteiger partial charge in [0, 0.05) is 48.7 Å². The van der Waals surface area contributed by atoms with Gasteiger partial charge in [-0.05, 0) is 24.3 Å². The van der Waals surface area contributed by atoms with Crippen LogP contribution in [-0.2, 0) is 14.4 Å². The Balaban J connectivity index is 1.49. The van der Waals surface area contributed by atoms with Crippen molar-refractivity contribution in [2.24, 2.45) is 5.16 Å². The molecule has 0 bridgehead atoms. The van der Waals surface area contributed by atoms with Crippen LogP contribution in [0, 0.1) is 0 Å². The molecule has 32 heavy (non-hydrogen) atoms. The minimum atomic E-state index is -0.242. The van der Waals surface area contributed by atoms with Crippen LogP contribution in [0.4, 0.5) is 11.4 Å². The molecular formula is C23H23N5O4. The number of allylic oxidation sites excluding steroid dienone is 1. The van der Waals surface area contributed by atoms with E-state index in [2.05, 4.69) is 21.1 Å². The molecule has 0 spiro atoms. The van der Waals surface area contributed by atoms with Crippen LogP contribution in [0.25, 0.3) is 5.57 Å². The standard InChI is InChI=1S/C23H23N5O4/c1-31-14-6-7-18-16(12-14)20(23(30)26-18)22-21(15-4-2-3-5-17(15)25-22)27-32-13-19(29)28-10-8-24-9-11-28/h2-7,12,24-25H,8-11,13H2,1H3,(H,26,30)/b22-20-,27-21+. The summed E-state index contributed by atoms with van der Waals surface area (Å²) in [6, 6.07) is 13.0. The number of nitrogens with one attached hydrogen (secondary N) is 3. The molecule has 3 heterocycles. The monoisotopic (exact) mass is 433 g/mol. The number of carbonyl (C=O) groups excluding carboxylic acids is 2. The van der Waals surface area contributed by atoms with Crippen molar-refractivity contribution in [2.45, 2.75) is 0 Å². The number of rotatable bonds is 4. The molecule has 2 aromatic carbocycles. The molecule has 3 aliphatic rings. The summed E-state index contributed by atoms with van der Waals surface area (Å²) in [5.74, 6) is 0.288. The molecule has 0 unspecified atom stereocenters. The van der Waals surface area contributed by atoms with Crippen molar-refractivity contribution in [1.82, 2.24) is 10.2 Å². The smallest absolute Gasteiger partial charge is 0.263 e. The highest BCUT2D eigenvalue weighted by molar-refractivity contribution is 6.39. The van der Waals surface area contributed by atoms with Crippen molar-refractivity contribution in [3.05, 3.63) is 59.3 Å². The van der Waals surface area contributed by atoms with Gasteiger partial charge in [0.25, 0.3) is 11.8 Å². The molecule has 0 saturated carbocycles. The van der Waals surface area contributed by atoms with Crippen molar-refractivity contribution in [3.63, 3.8) is 0 Å². The molecule has 9 nitrogen and oxygen atoms in total. The topological polar surface area (TPSA) is 104 Å². The number of anilines is 2. The van der Waals surface area contributed by atoms with Gasteiger partial charge in [0.2, 0.25) is 0 Å². The predicted octanol–water partition coefficient (Wildman–Crippen LogP) is 1.64.